The molecule has 9 heteroatoms. The largest absolute Gasteiger partial charge is 0.756 e. The van der Waals surface area contributed by atoms with E-state index in [0.717, 1.165) is 44.9 Å². The molecule has 2 N–H and O–H groups in total. The van der Waals surface area contributed by atoms with Crippen molar-refractivity contribution in [3.63, 3.8) is 0 Å². The van der Waals surface area contributed by atoms with E-state index in [1.165, 1.54) is 148 Å². The molecule has 0 aromatic heterocycles. The number of nitrogens with one attached hydrogen (secondary N) is 1. The molecule has 0 rings (SSSR count). The van der Waals surface area contributed by atoms with Crippen molar-refractivity contribution in [2.24, 2.45) is 0 Å². The summed E-state index contributed by atoms with van der Waals surface area (Å²) < 4.78 is 23.2. The Balaban J connectivity index is 4.23. The number of aliphatic hydroxyl groups excluding tert-OH is 1. The van der Waals surface area contributed by atoms with Gasteiger partial charge in [0.25, 0.3) is 7.82 Å². The van der Waals surface area contributed by atoms with E-state index in [-0.39, 0.29) is 19.1 Å². The van der Waals surface area contributed by atoms with Crippen molar-refractivity contribution >= 4 is 13.7 Å². The molecule has 0 aromatic carbocycles. The van der Waals surface area contributed by atoms with Gasteiger partial charge in [-0.05, 0) is 38.5 Å². The highest BCUT2D eigenvalue weighted by Gasteiger charge is 2.24. The third-order valence-electron chi connectivity index (χ3n) is 10.5. The second-order valence-corrected chi connectivity index (χ2v) is 18.5. The summed E-state index contributed by atoms with van der Waals surface area (Å²) in [5.74, 6) is -0.172. The number of quaternary nitrogens is 1. The normalized spacial score (nSPS) is 14.4. The first-order valence-electron chi connectivity index (χ1n) is 23.0. The van der Waals surface area contributed by atoms with E-state index >= 15 is 0 Å². The lowest BCUT2D eigenvalue weighted by atomic mass is 10.0. The summed E-state index contributed by atoms with van der Waals surface area (Å²) in [6, 6.07) is -0.810. The molecule has 1 amide bonds. The first-order valence-corrected chi connectivity index (χ1v) is 24.5. The lowest BCUT2D eigenvalue weighted by molar-refractivity contribution is -0.870. The number of amides is 1. The number of hydrogen-bond acceptors (Lipinski definition) is 6. The average Bonchev–Trinajstić information content (AvgIpc) is 3.12. The van der Waals surface area contributed by atoms with Crippen molar-refractivity contribution in [2.45, 2.75) is 231 Å². The molecule has 0 aliphatic rings. The van der Waals surface area contributed by atoms with Crippen LogP contribution in [0, 0.1) is 0 Å². The fourth-order valence-corrected chi connectivity index (χ4v) is 7.52. The van der Waals surface area contributed by atoms with Gasteiger partial charge in [0.05, 0.1) is 39.9 Å². The van der Waals surface area contributed by atoms with Gasteiger partial charge >= 0.3 is 0 Å². The highest BCUT2D eigenvalue weighted by atomic mass is 31.2. The lowest BCUT2D eigenvalue weighted by Crippen LogP contribution is -2.46. The second-order valence-electron chi connectivity index (χ2n) is 17.1. The Bertz CT molecular complexity index is 896. The molecule has 0 saturated heterocycles. The van der Waals surface area contributed by atoms with E-state index < -0.39 is 20.0 Å². The van der Waals surface area contributed by atoms with Gasteiger partial charge in [-0.1, -0.05) is 187 Å². The predicted molar refractivity (Wildman–Crippen MR) is 229 cm³/mol. The maximum absolute atomic E-state index is 12.9. The zero-order valence-electron chi connectivity index (χ0n) is 36.4. The number of carbonyl (C=O) groups is 1. The van der Waals surface area contributed by atoms with Crippen LogP contribution in [0.2, 0.25) is 0 Å². The van der Waals surface area contributed by atoms with Crippen LogP contribution in [-0.2, 0) is 18.4 Å². The van der Waals surface area contributed by atoms with Crippen LogP contribution in [0.25, 0.3) is 0 Å². The summed E-state index contributed by atoms with van der Waals surface area (Å²) in [4.78, 5) is 25.3. The maximum atomic E-state index is 12.9. The minimum absolute atomic E-state index is 0.00951. The van der Waals surface area contributed by atoms with Gasteiger partial charge in [0.1, 0.15) is 13.2 Å². The van der Waals surface area contributed by atoms with Crippen LogP contribution in [0.15, 0.2) is 12.2 Å². The lowest BCUT2D eigenvalue weighted by Gasteiger charge is -2.30. The average molecular weight is 787 g/mol. The van der Waals surface area contributed by atoms with Gasteiger partial charge in [0.15, 0.2) is 0 Å². The molecule has 0 heterocycles. The van der Waals surface area contributed by atoms with E-state index in [1.807, 2.05) is 21.1 Å². The second kappa shape index (κ2) is 37.8. The van der Waals surface area contributed by atoms with Crippen LogP contribution in [0.4, 0.5) is 0 Å². The molecule has 0 aliphatic carbocycles. The quantitative estimate of drug-likeness (QED) is 0.0276. The Hall–Kier alpha value is -0.760. The first kappa shape index (κ1) is 53.2. The molecule has 54 heavy (non-hydrogen) atoms. The highest BCUT2D eigenvalue weighted by Crippen LogP contribution is 2.38. The smallest absolute Gasteiger partial charge is 0.268 e. The molecule has 0 aromatic rings. The third kappa shape index (κ3) is 39.5. The number of phosphoric ester groups is 1. The van der Waals surface area contributed by atoms with Crippen LogP contribution >= 0.6 is 7.82 Å². The van der Waals surface area contributed by atoms with Crippen molar-refractivity contribution in [1.82, 2.24) is 5.32 Å². The van der Waals surface area contributed by atoms with Gasteiger partial charge in [0.2, 0.25) is 5.91 Å². The van der Waals surface area contributed by atoms with Crippen molar-refractivity contribution in [3.8, 4) is 0 Å². The van der Waals surface area contributed by atoms with E-state index in [1.54, 1.807) is 0 Å². The van der Waals surface area contributed by atoms with Gasteiger partial charge < -0.3 is 28.8 Å². The van der Waals surface area contributed by atoms with Gasteiger partial charge in [-0.3, -0.25) is 9.36 Å². The molecule has 0 spiro atoms. The molecule has 8 nitrogen and oxygen atoms in total. The van der Waals surface area contributed by atoms with Gasteiger partial charge in [-0.15, -0.1) is 0 Å². The summed E-state index contributed by atoms with van der Waals surface area (Å²) in [5.41, 5.74) is 0. The maximum Gasteiger partial charge on any atom is 0.268 e. The van der Waals surface area contributed by atoms with E-state index in [0.29, 0.717) is 23.9 Å². The summed E-state index contributed by atoms with van der Waals surface area (Å²) in [6.45, 7) is 4.69. The number of phosphoric acid groups is 1. The zero-order valence-corrected chi connectivity index (χ0v) is 37.3. The van der Waals surface area contributed by atoms with E-state index in [9.17, 15) is 19.4 Å². The highest BCUT2D eigenvalue weighted by molar-refractivity contribution is 7.45. The Morgan fingerprint density at radius 1 is 0.630 bits per heavy atom. The standard InChI is InChI=1S/C45H91N2O6P/c1-6-8-10-12-14-16-18-19-20-21-22-23-24-25-26-27-29-31-33-35-37-39-45(49)46-43(42-53-54(50,51)52-41-40-47(3,4)5)44(48)38-36-34-32-30-28-17-15-13-11-9-7-2/h28,30,43-44,48H,6-27,29,31-42H2,1-5H3,(H-,46,49,50,51)/b30-28+/t43-,44+/m0/s1. The number of aliphatic hydroxyl groups is 1. The molecule has 0 bridgehead atoms. The minimum Gasteiger partial charge on any atom is -0.756 e. The van der Waals surface area contributed by atoms with Crippen LogP contribution in [-0.4, -0.2) is 68.5 Å². The SMILES string of the molecule is CCCCCCC/C=C/CCCC[C@@H](O)[C@H](COP(=O)([O-])OCC[N+](C)(C)C)NC(=O)CCCCCCCCCCCCCCCCCCCCCCC. The van der Waals surface area contributed by atoms with Crippen LogP contribution in [0.3, 0.4) is 0 Å². The van der Waals surface area contributed by atoms with E-state index in [4.69, 9.17) is 9.05 Å². The number of hydrogen-bond donors (Lipinski definition) is 2. The van der Waals surface area contributed by atoms with Crippen molar-refractivity contribution < 1.29 is 32.9 Å². The topological polar surface area (TPSA) is 108 Å². The summed E-state index contributed by atoms with van der Waals surface area (Å²) in [7, 11) is 1.29. The Morgan fingerprint density at radius 2 is 1.02 bits per heavy atom. The van der Waals surface area contributed by atoms with Gasteiger partial charge in [-0.25, -0.2) is 0 Å². The molecule has 0 fully saturated rings. The van der Waals surface area contributed by atoms with Gasteiger partial charge in [-0.2, -0.15) is 0 Å². The van der Waals surface area contributed by atoms with Crippen LogP contribution < -0.4 is 10.2 Å². The third-order valence-corrected chi connectivity index (χ3v) is 11.5. The van der Waals surface area contributed by atoms with Crippen LogP contribution in [0.1, 0.15) is 219 Å². The Kier molecular flexibility index (Phi) is 37.3. The fourth-order valence-electron chi connectivity index (χ4n) is 6.80. The Morgan fingerprint density at radius 3 is 1.44 bits per heavy atom. The molecule has 0 aliphatic heterocycles. The number of unbranched alkanes of at least 4 members (excludes halogenated alkanes) is 27. The molecule has 0 saturated carbocycles. The molecule has 322 valence electrons. The molecular formula is C45H91N2O6P. The Labute approximate surface area is 335 Å². The predicted octanol–water partition coefficient (Wildman–Crippen LogP) is 12.1. The number of nitrogens with zero attached hydrogens (tertiary/aromatic N) is 1. The molecule has 0 radical (unpaired) electrons. The molecular weight excluding hydrogens is 695 g/mol. The number of carbonyl (C=O) groups excluding carboxylic acids is 1. The summed E-state index contributed by atoms with van der Waals surface area (Å²) >= 11 is 0. The number of allylic oxidation sites excluding steroid dienone is 2. The summed E-state index contributed by atoms with van der Waals surface area (Å²) in [5, 5.41) is 13.9. The monoisotopic (exact) mass is 787 g/mol. The van der Waals surface area contributed by atoms with Crippen molar-refractivity contribution in [3.05, 3.63) is 12.2 Å². The number of likely N-dealkylation sites (N-methyl/N-ethyl adjacent to an activating group) is 1. The zero-order chi connectivity index (χ0) is 40.0. The fraction of sp³-hybridized carbons (Fsp3) is 0.933. The van der Waals surface area contributed by atoms with E-state index in [2.05, 4.69) is 31.3 Å². The van der Waals surface area contributed by atoms with Crippen LogP contribution in [0.5, 0.6) is 0 Å². The molecule has 1 unspecified atom stereocenters. The number of rotatable bonds is 42. The first-order chi connectivity index (χ1) is 26.0. The minimum atomic E-state index is -4.56. The summed E-state index contributed by atoms with van der Waals surface area (Å²) in [6.07, 6.45) is 42.3. The van der Waals surface area contributed by atoms with Crippen molar-refractivity contribution in [1.29, 1.82) is 0 Å². The van der Waals surface area contributed by atoms with Crippen molar-refractivity contribution in [2.75, 3.05) is 40.9 Å². The van der Waals surface area contributed by atoms with Gasteiger partial charge in [0, 0.05) is 6.42 Å². The molecule has 3 atom stereocenters.